The van der Waals surface area contributed by atoms with Gasteiger partial charge in [-0.1, -0.05) is 29.8 Å². The molecule has 2 aromatic rings. The molecule has 112 valence electrons. The predicted octanol–water partition coefficient (Wildman–Crippen LogP) is 4.47. The predicted molar refractivity (Wildman–Crippen MR) is 88.9 cm³/mol. The Morgan fingerprint density at radius 2 is 1.71 bits per heavy atom. The van der Waals surface area contributed by atoms with E-state index in [2.05, 4.69) is 57.3 Å². The molecule has 2 nitrogen and oxygen atoms in total. The lowest BCUT2D eigenvalue weighted by molar-refractivity contribution is 0.304. The highest BCUT2D eigenvalue weighted by molar-refractivity contribution is 5.38. The molecule has 0 amide bonds. The van der Waals surface area contributed by atoms with Crippen LogP contribution >= 0.6 is 0 Å². The van der Waals surface area contributed by atoms with Crippen molar-refractivity contribution >= 4 is 0 Å². The molecule has 0 aliphatic carbocycles. The molecule has 0 spiro atoms. The number of aryl methyl sites for hydroxylation is 3. The number of hydrogen-bond acceptors (Lipinski definition) is 2. The minimum atomic E-state index is 0.330. The third kappa shape index (κ3) is 3.85. The average molecular weight is 283 g/mol. The topological polar surface area (TPSA) is 21.3 Å². The van der Waals surface area contributed by atoms with Crippen molar-refractivity contribution < 1.29 is 4.74 Å². The van der Waals surface area contributed by atoms with Crippen molar-refractivity contribution in [3.05, 3.63) is 64.2 Å². The van der Waals surface area contributed by atoms with Gasteiger partial charge in [-0.05, 0) is 69.1 Å². The zero-order chi connectivity index (χ0) is 15.4. The highest BCUT2D eigenvalue weighted by Gasteiger charge is 2.07. The molecular formula is C19H25NO. The first-order valence-electron chi connectivity index (χ1n) is 7.48. The SMILES string of the molecule is CNC(C)c1cccc(OCc2c(C)cc(C)cc2C)c1. The van der Waals surface area contributed by atoms with Crippen molar-refractivity contribution in [2.24, 2.45) is 0 Å². The Balaban J connectivity index is 2.14. The standard InChI is InChI=1S/C19H25NO/c1-13-9-14(2)19(15(3)10-13)12-21-18-8-6-7-17(11-18)16(4)20-5/h6-11,16,20H,12H2,1-5H3. The zero-order valence-electron chi connectivity index (χ0n) is 13.7. The molecule has 1 N–H and O–H groups in total. The second-order valence-corrected chi connectivity index (χ2v) is 5.75. The van der Waals surface area contributed by atoms with Gasteiger partial charge in [-0.3, -0.25) is 0 Å². The molecule has 0 aromatic heterocycles. The van der Waals surface area contributed by atoms with Crippen LogP contribution in [0.2, 0.25) is 0 Å². The van der Waals surface area contributed by atoms with Gasteiger partial charge in [0, 0.05) is 6.04 Å². The van der Waals surface area contributed by atoms with Gasteiger partial charge in [0.2, 0.25) is 0 Å². The Kier molecular flexibility index (Phi) is 5.03. The summed E-state index contributed by atoms with van der Waals surface area (Å²) in [4.78, 5) is 0. The van der Waals surface area contributed by atoms with Gasteiger partial charge in [0.1, 0.15) is 12.4 Å². The van der Waals surface area contributed by atoms with Crippen LogP contribution < -0.4 is 10.1 Å². The van der Waals surface area contributed by atoms with Crippen molar-refractivity contribution in [1.82, 2.24) is 5.32 Å². The van der Waals surface area contributed by atoms with Crippen LogP contribution in [0.15, 0.2) is 36.4 Å². The van der Waals surface area contributed by atoms with Crippen molar-refractivity contribution in [2.75, 3.05) is 7.05 Å². The summed E-state index contributed by atoms with van der Waals surface area (Å²) in [7, 11) is 1.97. The van der Waals surface area contributed by atoms with Crippen molar-refractivity contribution in [2.45, 2.75) is 40.3 Å². The Bertz CT molecular complexity index is 596. The highest BCUT2D eigenvalue weighted by Crippen LogP contribution is 2.22. The summed E-state index contributed by atoms with van der Waals surface area (Å²) in [6.45, 7) is 9.20. The molecule has 2 heteroatoms. The number of hydrogen-bond donors (Lipinski definition) is 1. The van der Waals surface area contributed by atoms with E-state index in [-0.39, 0.29) is 0 Å². The monoisotopic (exact) mass is 283 g/mol. The molecule has 0 saturated carbocycles. The average Bonchev–Trinajstić information content (AvgIpc) is 2.45. The smallest absolute Gasteiger partial charge is 0.120 e. The maximum absolute atomic E-state index is 6.00. The van der Waals surface area contributed by atoms with Crippen LogP contribution in [0.3, 0.4) is 0 Å². The fourth-order valence-corrected chi connectivity index (χ4v) is 2.63. The van der Waals surface area contributed by atoms with E-state index >= 15 is 0 Å². The molecule has 21 heavy (non-hydrogen) atoms. The third-order valence-electron chi connectivity index (χ3n) is 4.01. The number of rotatable bonds is 5. The number of benzene rings is 2. The first-order valence-corrected chi connectivity index (χ1v) is 7.48. The second-order valence-electron chi connectivity index (χ2n) is 5.75. The zero-order valence-corrected chi connectivity index (χ0v) is 13.7. The minimum Gasteiger partial charge on any atom is -0.489 e. The van der Waals surface area contributed by atoms with Gasteiger partial charge in [-0.25, -0.2) is 0 Å². The van der Waals surface area contributed by atoms with Crippen molar-refractivity contribution in [1.29, 1.82) is 0 Å². The molecule has 0 radical (unpaired) electrons. The highest BCUT2D eigenvalue weighted by atomic mass is 16.5. The lowest BCUT2D eigenvalue weighted by atomic mass is 10.0. The lowest BCUT2D eigenvalue weighted by Crippen LogP contribution is -2.12. The first-order chi connectivity index (χ1) is 10.0. The molecule has 0 fully saturated rings. The van der Waals surface area contributed by atoms with Crippen molar-refractivity contribution in [3.8, 4) is 5.75 Å². The summed E-state index contributed by atoms with van der Waals surface area (Å²) in [6, 6.07) is 13.1. The molecule has 1 unspecified atom stereocenters. The lowest BCUT2D eigenvalue weighted by Gasteiger charge is -2.15. The molecule has 0 aliphatic rings. The molecule has 2 aromatic carbocycles. The van der Waals surface area contributed by atoms with Gasteiger partial charge < -0.3 is 10.1 Å². The third-order valence-corrected chi connectivity index (χ3v) is 4.01. The second kappa shape index (κ2) is 6.77. The maximum Gasteiger partial charge on any atom is 0.120 e. The van der Waals surface area contributed by atoms with Crippen LogP contribution in [0.25, 0.3) is 0 Å². The molecule has 0 bridgehead atoms. The van der Waals surface area contributed by atoms with Gasteiger partial charge in [-0.2, -0.15) is 0 Å². The van der Waals surface area contributed by atoms with E-state index in [1.165, 1.54) is 27.8 Å². The van der Waals surface area contributed by atoms with Gasteiger partial charge in [0.25, 0.3) is 0 Å². The van der Waals surface area contributed by atoms with E-state index in [1.807, 2.05) is 19.2 Å². The normalized spacial score (nSPS) is 12.2. The summed E-state index contributed by atoms with van der Waals surface area (Å²) in [5, 5.41) is 3.25. The van der Waals surface area contributed by atoms with Crippen LogP contribution in [0, 0.1) is 20.8 Å². The van der Waals surface area contributed by atoms with E-state index in [1.54, 1.807) is 0 Å². The molecule has 1 atom stereocenters. The minimum absolute atomic E-state index is 0.330. The van der Waals surface area contributed by atoms with Gasteiger partial charge in [0.05, 0.1) is 0 Å². The summed E-state index contributed by atoms with van der Waals surface area (Å²) in [6.07, 6.45) is 0. The van der Waals surface area contributed by atoms with Crippen LogP contribution in [0.5, 0.6) is 5.75 Å². The Labute approximate surface area is 128 Å². The van der Waals surface area contributed by atoms with Crippen LogP contribution in [-0.4, -0.2) is 7.05 Å². The van der Waals surface area contributed by atoms with Crippen LogP contribution in [0.1, 0.15) is 40.8 Å². The maximum atomic E-state index is 6.00. The fourth-order valence-electron chi connectivity index (χ4n) is 2.63. The molecule has 0 aliphatic heterocycles. The summed E-state index contributed by atoms with van der Waals surface area (Å²) >= 11 is 0. The number of ether oxygens (including phenoxy) is 1. The number of nitrogens with one attached hydrogen (secondary N) is 1. The van der Waals surface area contributed by atoms with Gasteiger partial charge in [-0.15, -0.1) is 0 Å². The van der Waals surface area contributed by atoms with E-state index in [4.69, 9.17) is 4.74 Å². The quantitative estimate of drug-likeness (QED) is 0.874. The van der Waals surface area contributed by atoms with E-state index in [9.17, 15) is 0 Å². The van der Waals surface area contributed by atoms with Gasteiger partial charge in [0.15, 0.2) is 0 Å². The summed E-state index contributed by atoms with van der Waals surface area (Å²) in [5.41, 5.74) is 6.43. The van der Waals surface area contributed by atoms with E-state index in [0.29, 0.717) is 12.6 Å². The molecule has 0 heterocycles. The largest absolute Gasteiger partial charge is 0.489 e. The van der Waals surface area contributed by atoms with Gasteiger partial charge >= 0.3 is 0 Å². The summed E-state index contributed by atoms with van der Waals surface area (Å²) in [5.74, 6) is 0.925. The molecular weight excluding hydrogens is 258 g/mol. The Morgan fingerprint density at radius 1 is 1.05 bits per heavy atom. The van der Waals surface area contributed by atoms with E-state index < -0.39 is 0 Å². The van der Waals surface area contributed by atoms with Crippen LogP contribution in [0.4, 0.5) is 0 Å². The Morgan fingerprint density at radius 3 is 2.33 bits per heavy atom. The fraction of sp³-hybridized carbons (Fsp3) is 0.368. The van der Waals surface area contributed by atoms with E-state index in [0.717, 1.165) is 5.75 Å². The Hall–Kier alpha value is -1.80. The van der Waals surface area contributed by atoms with Crippen molar-refractivity contribution in [3.63, 3.8) is 0 Å². The molecule has 2 rings (SSSR count). The van der Waals surface area contributed by atoms with Crippen LogP contribution in [-0.2, 0) is 6.61 Å². The first kappa shape index (κ1) is 15.6. The summed E-state index contributed by atoms with van der Waals surface area (Å²) < 4.78 is 6.00. The molecule has 0 saturated heterocycles.